The number of halogens is 1. The van der Waals surface area contributed by atoms with E-state index in [1.807, 2.05) is 19.1 Å². The Morgan fingerprint density at radius 1 is 1.08 bits per heavy atom. The fourth-order valence-electron chi connectivity index (χ4n) is 5.13. The Balaban J connectivity index is 1.46. The van der Waals surface area contributed by atoms with Crippen molar-refractivity contribution in [1.29, 1.82) is 0 Å². The molecule has 0 bridgehead atoms. The molecule has 0 saturated carbocycles. The van der Waals surface area contributed by atoms with Crippen molar-refractivity contribution >= 4 is 16.9 Å². The fraction of sp³-hybridized carbons (Fsp3) is 0.250. The number of nitrogens with zero attached hydrogens (tertiary/aromatic N) is 5. The van der Waals surface area contributed by atoms with Gasteiger partial charge in [-0.3, -0.25) is 0 Å². The summed E-state index contributed by atoms with van der Waals surface area (Å²) in [5.41, 5.74) is 4.60. The molecule has 2 aromatic carbocycles. The molecule has 3 aromatic heterocycles. The highest BCUT2D eigenvalue weighted by molar-refractivity contribution is 5.82. The zero-order valence-corrected chi connectivity index (χ0v) is 20.3. The number of hydrogen-bond acceptors (Lipinski definition) is 5. The van der Waals surface area contributed by atoms with Gasteiger partial charge in [-0.05, 0) is 67.9 Å². The Labute approximate surface area is 208 Å². The SMILES string of the molecule is CCNc1nccc(-c2c(-c3ccc(F)cc3)nc3n2[C@H](Cn2ccc4cc(OC)ccc42)CC3)n1. The maximum absolute atomic E-state index is 13.7. The lowest BCUT2D eigenvalue weighted by atomic mass is 10.1. The molecule has 0 aliphatic carbocycles. The first-order chi connectivity index (χ1) is 17.6. The van der Waals surface area contributed by atoms with Crippen LogP contribution < -0.4 is 10.1 Å². The number of aromatic nitrogens is 5. The van der Waals surface area contributed by atoms with Crippen molar-refractivity contribution in [3.63, 3.8) is 0 Å². The molecule has 7 nitrogen and oxygen atoms in total. The Bertz CT molecular complexity index is 1540. The van der Waals surface area contributed by atoms with Crippen LogP contribution in [-0.4, -0.2) is 37.7 Å². The molecule has 0 saturated heterocycles. The van der Waals surface area contributed by atoms with E-state index in [0.29, 0.717) is 5.95 Å². The second-order valence-corrected chi connectivity index (χ2v) is 8.98. The topological polar surface area (TPSA) is 69.8 Å². The van der Waals surface area contributed by atoms with Gasteiger partial charge in [0.15, 0.2) is 0 Å². The van der Waals surface area contributed by atoms with Crippen molar-refractivity contribution in [3.8, 4) is 28.4 Å². The Hall–Kier alpha value is -4.20. The molecule has 1 atom stereocenters. The van der Waals surface area contributed by atoms with E-state index in [-0.39, 0.29) is 11.9 Å². The lowest BCUT2D eigenvalue weighted by molar-refractivity contribution is 0.415. The first kappa shape index (κ1) is 22.3. The number of rotatable bonds is 7. The summed E-state index contributed by atoms with van der Waals surface area (Å²) in [4.78, 5) is 14.2. The normalized spacial score (nSPS) is 14.8. The van der Waals surface area contributed by atoms with Gasteiger partial charge >= 0.3 is 0 Å². The summed E-state index contributed by atoms with van der Waals surface area (Å²) < 4.78 is 23.7. The number of aryl methyl sites for hydroxylation is 1. The van der Waals surface area contributed by atoms with Crippen molar-refractivity contribution in [2.24, 2.45) is 0 Å². The predicted octanol–water partition coefficient (Wildman–Crippen LogP) is 5.73. The molecule has 36 heavy (non-hydrogen) atoms. The van der Waals surface area contributed by atoms with Crippen molar-refractivity contribution in [3.05, 3.63) is 78.6 Å². The van der Waals surface area contributed by atoms with Crippen LogP contribution in [0, 0.1) is 5.82 Å². The lowest BCUT2D eigenvalue weighted by Crippen LogP contribution is -2.14. The van der Waals surface area contributed by atoms with Gasteiger partial charge in [0.25, 0.3) is 0 Å². The van der Waals surface area contributed by atoms with Gasteiger partial charge in [0.1, 0.15) is 17.4 Å². The minimum atomic E-state index is -0.266. The van der Waals surface area contributed by atoms with Crippen molar-refractivity contribution in [2.75, 3.05) is 19.0 Å². The first-order valence-electron chi connectivity index (χ1n) is 12.2. The number of fused-ring (bicyclic) bond motifs is 2. The van der Waals surface area contributed by atoms with Crippen LogP contribution in [-0.2, 0) is 13.0 Å². The minimum absolute atomic E-state index is 0.201. The summed E-state index contributed by atoms with van der Waals surface area (Å²) in [7, 11) is 1.69. The Morgan fingerprint density at radius 3 is 2.75 bits per heavy atom. The van der Waals surface area contributed by atoms with Crippen LogP contribution in [0.1, 0.15) is 25.2 Å². The monoisotopic (exact) mass is 482 g/mol. The molecular formula is C28H27FN6O. The number of methoxy groups -OCH3 is 1. The maximum atomic E-state index is 13.7. The van der Waals surface area contributed by atoms with E-state index in [1.165, 1.54) is 17.6 Å². The van der Waals surface area contributed by atoms with Crippen LogP contribution in [0.3, 0.4) is 0 Å². The molecule has 4 heterocycles. The predicted molar refractivity (Wildman–Crippen MR) is 139 cm³/mol. The highest BCUT2D eigenvalue weighted by atomic mass is 19.1. The first-order valence-corrected chi connectivity index (χ1v) is 12.2. The molecule has 182 valence electrons. The van der Waals surface area contributed by atoms with E-state index in [4.69, 9.17) is 14.7 Å². The summed E-state index contributed by atoms with van der Waals surface area (Å²) in [5, 5.41) is 4.36. The molecule has 0 radical (unpaired) electrons. The molecule has 5 aromatic rings. The summed E-state index contributed by atoms with van der Waals surface area (Å²) in [6, 6.07) is 16.9. The summed E-state index contributed by atoms with van der Waals surface area (Å²) in [6.45, 7) is 3.55. The van der Waals surface area contributed by atoms with Crippen LogP contribution in [0.4, 0.5) is 10.3 Å². The molecule has 0 spiro atoms. The van der Waals surface area contributed by atoms with Gasteiger partial charge < -0.3 is 19.2 Å². The van der Waals surface area contributed by atoms with Crippen LogP contribution in [0.15, 0.2) is 67.0 Å². The number of nitrogens with one attached hydrogen (secondary N) is 1. The van der Waals surface area contributed by atoms with Crippen molar-refractivity contribution in [2.45, 2.75) is 32.4 Å². The fourth-order valence-corrected chi connectivity index (χ4v) is 5.13. The number of ether oxygens (including phenoxy) is 1. The largest absolute Gasteiger partial charge is 0.497 e. The van der Waals surface area contributed by atoms with Crippen molar-refractivity contribution in [1.82, 2.24) is 24.1 Å². The molecular weight excluding hydrogens is 455 g/mol. The minimum Gasteiger partial charge on any atom is -0.497 e. The van der Waals surface area contributed by atoms with Gasteiger partial charge in [0.05, 0.1) is 30.2 Å². The zero-order chi connectivity index (χ0) is 24.6. The molecule has 0 unspecified atom stereocenters. The highest BCUT2D eigenvalue weighted by Gasteiger charge is 2.31. The highest BCUT2D eigenvalue weighted by Crippen LogP contribution is 2.40. The van der Waals surface area contributed by atoms with Crippen LogP contribution in [0.25, 0.3) is 33.5 Å². The molecule has 8 heteroatoms. The second kappa shape index (κ2) is 9.11. The van der Waals surface area contributed by atoms with Crippen LogP contribution >= 0.6 is 0 Å². The van der Waals surface area contributed by atoms with Gasteiger partial charge in [-0.2, -0.15) is 0 Å². The standard InChI is InChI=1S/C28H27FN6O/c1-3-30-28-31-14-12-23(32-28)27-26(18-4-6-20(29)7-5-18)33-25-11-8-21(35(25)27)17-34-15-13-19-16-22(36-2)9-10-24(19)34/h4-7,9-10,12-16,21H,3,8,11,17H2,1-2H3,(H,30,31,32)/t21-/m0/s1. The zero-order valence-electron chi connectivity index (χ0n) is 20.3. The van der Waals surface area contributed by atoms with Gasteiger partial charge in [-0.15, -0.1) is 0 Å². The Kier molecular flexibility index (Phi) is 5.64. The van der Waals surface area contributed by atoms with Gasteiger partial charge in [-0.25, -0.2) is 19.3 Å². The smallest absolute Gasteiger partial charge is 0.223 e. The van der Waals surface area contributed by atoms with Gasteiger partial charge in [0, 0.05) is 48.4 Å². The lowest BCUT2D eigenvalue weighted by Gasteiger charge is -2.19. The molecule has 6 rings (SSSR count). The number of hydrogen-bond donors (Lipinski definition) is 1. The molecule has 1 N–H and O–H groups in total. The van der Waals surface area contributed by atoms with E-state index in [0.717, 1.165) is 65.5 Å². The van der Waals surface area contributed by atoms with E-state index < -0.39 is 0 Å². The third kappa shape index (κ3) is 3.88. The average Bonchev–Trinajstić information content (AvgIpc) is 3.59. The number of imidazole rings is 1. The van der Waals surface area contributed by atoms with Gasteiger partial charge in [-0.1, -0.05) is 0 Å². The van der Waals surface area contributed by atoms with E-state index in [1.54, 1.807) is 25.4 Å². The van der Waals surface area contributed by atoms with Crippen LogP contribution in [0.2, 0.25) is 0 Å². The number of anilines is 1. The number of benzene rings is 2. The molecule has 0 amide bonds. The molecule has 1 aliphatic rings. The molecule has 1 aliphatic heterocycles. The second-order valence-electron chi connectivity index (χ2n) is 8.98. The maximum Gasteiger partial charge on any atom is 0.223 e. The summed E-state index contributed by atoms with van der Waals surface area (Å²) in [5.74, 6) is 2.19. The quantitative estimate of drug-likeness (QED) is 0.321. The van der Waals surface area contributed by atoms with E-state index >= 15 is 0 Å². The van der Waals surface area contributed by atoms with Crippen LogP contribution in [0.5, 0.6) is 5.75 Å². The average molecular weight is 483 g/mol. The summed E-state index contributed by atoms with van der Waals surface area (Å²) >= 11 is 0. The third-order valence-electron chi connectivity index (χ3n) is 6.79. The third-order valence-corrected chi connectivity index (χ3v) is 6.79. The van der Waals surface area contributed by atoms with Gasteiger partial charge in [0.2, 0.25) is 5.95 Å². The van der Waals surface area contributed by atoms with Crippen molar-refractivity contribution < 1.29 is 9.13 Å². The summed E-state index contributed by atoms with van der Waals surface area (Å²) in [6.07, 6.45) is 5.76. The Morgan fingerprint density at radius 2 is 1.94 bits per heavy atom. The molecule has 0 fully saturated rings. The van der Waals surface area contributed by atoms with E-state index in [2.05, 4.69) is 43.8 Å². The van der Waals surface area contributed by atoms with E-state index in [9.17, 15) is 4.39 Å².